The second-order valence-corrected chi connectivity index (χ2v) is 5.30. The largest absolute Gasteiger partial charge is 0.431 e. The molecule has 0 spiro atoms. The van der Waals surface area contributed by atoms with Crippen LogP contribution in [0.5, 0.6) is 0 Å². The summed E-state index contributed by atoms with van der Waals surface area (Å²) in [6.07, 6.45) is 0. The molecule has 0 N–H and O–H groups in total. The minimum absolute atomic E-state index is 0.205. The Morgan fingerprint density at radius 2 is 1.75 bits per heavy atom. The standard InChI is InChI=1S/C14H7ClFNOS2/c15-8-1-6-12-11(7-8)13(19)17(14(20)18-12)10-4-2-9(16)3-5-10/h1-7H. The van der Waals surface area contributed by atoms with Gasteiger partial charge >= 0.3 is 0 Å². The molecule has 6 heteroatoms. The number of halogens is 2. The summed E-state index contributed by atoms with van der Waals surface area (Å²) in [6, 6.07) is 11.0. The topological polar surface area (TPSA) is 18.1 Å². The molecule has 100 valence electrons. The van der Waals surface area contributed by atoms with Crippen LogP contribution in [0.25, 0.3) is 16.7 Å². The first-order valence-electron chi connectivity index (χ1n) is 5.67. The molecule has 0 saturated heterocycles. The molecule has 0 aliphatic rings. The molecule has 3 rings (SSSR count). The molecule has 2 aromatic carbocycles. The van der Waals surface area contributed by atoms with E-state index in [9.17, 15) is 4.39 Å². The summed E-state index contributed by atoms with van der Waals surface area (Å²) in [4.78, 5) is 0.205. The van der Waals surface area contributed by atoms with Gasteiger partial charge in [0.2, 0.25) is 0 Å². The third kappa shape index (κ3) is 2.28. The quantitative estimate of drug-likeness (QED) is 0.553. The molecule has 0 unspecified atom stereocenters. The number of benzene rings is 2. The fraction of sp³-hybridized carbons (Fsp3) is 0. The highest BCUT2D eigenvalue weighted by Crippen LogP contribution is 2.23. The van der Waals surface area contributed by atoms with Crippen LogP contribution in [0.15, 0.2) is 46.9 Å². The first-order chi connectivity index (χ1) is 9.56. The Labute approximate surface area is 129 Å². The van der Waals surface area contributed by atoms with Gasteiger partial charge in [0.25, 0.3) is 4.84 Å². The molecular formula is C14H7ClFNOS2. The fourth-order valence-corrected chi connectivity index (χ4v) is 2.78. The van der Waals surface area contributed by atoms with E-state index in [1.165, 1.54) is 12.1 Å². The highest BCUT2D eigenvalue weighted by Gasteiger charge is 2.07. The third-order valence-electron chi connectivity index (χ3n) is 2.84. The highest BCUT2D eigenvalue weighted by atomic mass is 35.5. The maximum absolute atomic E-state index is 13.0. The molecule has 1 aromatic heterocycles. The second-order valence-electron chi connectivity index (χ2n) is 4.13. The van der Waals surface area contributed by atoms with Crippen molar-refractivity contribution in [3.63, 3.8) is 0 Å². The van der Waals surface area contributed by atoms with Gasteiger partial charge in [0.1, 0.15) is 16.0 Å². The lowest BCUT2D eigenvalue weighted by molar-refractivity contribution is 0.536. The normalized spacial score (nSPS) is 10.9. The van der Waals surface area contributed by atoms with E-state index in [-0.39, 0.29) is 10.7 Å². The van der Waals surface area contributed by atoms with E-state index in [1.807, 2.05) is 0 Å². The Morgan fingerprint density at radius 1 is 1.05 bits per heavy atom. The van der Waals surface area contributed by atoms with Crippen molar-refractivity contribution in [3.05, 3.63) is 62.8 Å². The Balaban J connectivity index is 2.39. The van der Waals surface area contributed by atoms with Gasteiger partial charge in [-0.1, -0.05) is 23.8 Å². The monoisotopic (exact) mass is 323 g/mol. The maximum atomic E-state index is 13.0. The number of nitrogens with zero attached hydrogens (tertiary/aromatic N) is 1. The Hall–Kier alpha value is -1.56. The Morgan fingerprint density at radius 3 is 2.45 bits per heavy atom. The first-order valence-corrected chi connectivity index (χ1v) is 6.87. The Bertz CT molecular complexity index is 915. The minimum atomic E-state index is -0.327. The summed E-state index contributed by atoms with van der Waals surface area (Å²) < 4.78 is 20.6. The molecule has 0 radical (unpaired) electrons. The van der Waals surface area contributed by atoms with Crippen LogP contribution >= 0.6 is 36.0 Å². The van der Waals surface area contributed by atoms with E-state index in [0.717, 1.165) is 0 Å². The van der Waals surface area contributed by atoms with Gasteiger partial charge in [-0.15, -0.1) is 0 Å². The molecule has 0 atom stereocenters. The third-order valence-corrected chi connectivity index (χ3v) is 3.74. The molecule has 1 heterocycles. The van der Waals surface area contributed by atoms with Crippen molar-refractivity contribution in [2.45, 2.75) is 0 Å². The van der Waals surface area contributed by atoms with Crippen LogP contribution in [0.4, 0.5) is 4.39 Å². The van der Waals surface area contributed by atoms with Crippen molar-refractivity contribution in [1.29, 1.82) is 0 Å². The van der Waals surface area contributed by atoms with E-state index < -0.39 is 0 Å². The lowest BCUT2D eigenvalue weighted by Gasteiger charge is -2.08. The smallest absolute Gasteiger partial charge is 0.274 e. The molecule has 0 saturated carbocycles. The predicted octanol–water partition coefficient (Wildman–Crippen LogP) is 5.47. The van der Waals surface area contributed by atoms with Gasteiger partial charge in [-0.25, -0.2) is 4.39 Å². The number of fused-ring (bicyclic) bond motifs is 1. The molecule has 0 aliphatic heterocycles. The molecule has 0 aliphatic carbocycles. The van der Waals surface area contributed by atoms with E-state index in [1.54, 1.807) is 34.9 Å². The zero-order valence-corrected chi connectivity index (χ0v) is 12.4. The van der Waals surface area contributed by atoms with Crippen molar-refractivity contribution < 1.29 is 8.81 Å². The summed E-state index contributed by atoms with van der Waals surface area (Å²) in [7, 11) is 0. The van der Waals surface area contributed by atoms with Crippen LogP contribution in [0.2, 0.25) is 5.02 Å². The van der Waals surface area contributed by atoms with Crippen LogP contribution in [-0.4, -0.2) is 4.57 Å². The zero-order valence-electron chi connectivity index (χ0n) is 9.97. The van der Waals surface area contributed by atoms with Crippen LogP contribution in [0.3, 0.4) is 0 Å². The van der Waals surface area contributed by atoms with Crippen LogP contribution in [0.1, 0.15) is 0 Å². The summed E-state index contributed by atoms with van der Waals surface area (Å²) in [5.74, 6) is -0.327. The number of aromatic nitrogens is 1. The van der Waals surface area contributed by atoms with Gasteiger partial charge in [0.05, 0.1) is 11.1 Å². The van der Waals surface area contributed by atoms with E-state index in [2.05, 4.69) is 0 Å². The van der Waals surface area contributed by atoms with Crippen LogP contribution in [0, 0.1) is 15.3 Å². The Kier molecular flexibility index (Phi) is 3.41. The van der Waals surface area contributed by atoms with Gasteiger partial charge in [-0.05, 0) is 54.7 Å². The van der Waals surface area contributed by atoms with Crippen molar-refractivity contribution in [2.75, 3.05) is 0 Å². The lowest BCUT2D eigenvalue weighted by atomic mass is 10.2. The van der Waals surface area contributed by atoms with E-state index in [0.29, 0.717) is 26.3 Å². The average molecular weight is 324 g/mol. The summed E-state index contributed by atoms with van der Waals surface area (Å²) >= 11 is 16.6. The zero-order chi connectivity index (χ0) is 14.3. The van der Waals surface area contributed by atoms with Crippen molar-refractivity contribution >= 4 is 47.0 Å². The van der Waals surface area contributed by atoms with Crippen molar-refractivity contribution in [1.82, 2.24) is 4.57 Å². The first kappa shape index (κ1) is 13.4. The summed E-state index contributed by atoms with van der Waals surface area (Å²) in [5.41, 5.74) is 1.22. The van der Waals surface area contributed by atoms with Gasteiger partial charge in [0.15, 0.2) is 0 Å². The molecule has 0 amide bonds. The van der Waals surface area contributed by atoms with Crippen LogP contribution in [-0.2, 0) is 0 Å². The van der Waals surface area contributed by atoms with Crippen molar-refractivity contribution in [3.8, 4) is 5.69 Å². The molecule has 0 fully saturated rings. The second kappa shape index (κ2) is 5.09. The SMILES string of the molecule is Fc1ccc(-n2c(=S)oc3ccc(Cl)cc3c2=S)cc1. The molecular weight excluding hydrogens is 317 g/mol. The fourth-order valence-electron chi connectivity index (χ4n) is 1.91. The van der Waals surface area contributed by atoms with Gasteiger partial charge < -0.3 is 4.42 Å². The van der Waals surface area contributed by atoms with E-state index in [4.69, 9.17) is 40.5 Å². The summed E-state index contributed by atoms with van der Waals surface area (Å²) in [5, 5.41) is 1.24. The van der Waals surface area contributed by atoms with Gasteiger partial charge in [-0.2, -0.15) is 0 Å². The van der Waals surface area contributed by atoms with Gasteiger partial charge in [0, 0.05) is 5.02 Å². The highest BCUT2D eigenvalue weighted by molar-refractivity contribution is 7.72. The maximum Gasteiger partial charge on any atom is 0.274 e. The molecule has 20 heavy (non-hydrogen) atoms. The van der Waals surface area contributed by atoms with E-state index >= 15 is 0 Å². The number of hydrogen-bond acceptors (Lipinski definition) is 3. The van der Waals surface area contributed by atoms with Crippen LogP contribution < -0.4 is 0 Å². The van der Waals surface area contributed by atoms with Gasteiger partial charge in [-0.3, -0.25) is 4.57 Å². The predicted molar refractivity (Wildman–Crippen MR) is 82.2 cm³/mol. The minimum Gasteiger partial charge on any atom is -0.431 e. The number of hydrogen-bond donors (Lipinski definition) is 0. The molecule has 3 aromatic rings. The molecule has 0 bridgehead atoms. The van der Waals surface area contributed by atoms with Crippen molar-refractivity contribution in [2.24, 2.45) is 0 Å². The summed E-state index contributed by atoms with van der Waals surface area (Å²) in [6.45, 7) is 0. The number of rotatable bonds is 1. The average Bonchev–Trinajstić information content (AvgIpc) is 2.42. The molecule has 2 nitrogen and oxygen atoms in total. The lowest BCUT2D eigenvalue weighted by Crippen LogP contribution is -1.99.